The van der Waals surface area contributed by atoms with Crippen molar-refractivity contribution in [3.8, 4) is 0 Å². The van der Waals surface area contributed by atoms with Gasteiger partial charge >= 0.3 is 0 Å². The Balaban J connectivity index is 2.06. The highest BCUT2D eigenvalue weighted by atomic mass is 16.2. The van der Waals surface area contributed by atoms with Crippen LogP contribution in [0.3, 0.4) is 0 Å². The van der Waals surface area contributed by atoms with Gasteiger partial charge in [0.25, 0.3) is 11.8 Å². The monoisotopic (exact) mass is 246 g/mol. The zero-order chi connectivity index (χ0) is 13.3. The third-order valence-corrected chi connectivity index (χ3v) is 2.94. The van der Waals surface area contributed by atoms with E-state index in [2.05, 4.69) is 31.4 Å². The highest BCUT2D eigenvalue weighted by Crippen LogP contribution is 2.22. The standard InChI is InChI=1S/C14H18N2O2/c1-14(2,3)6-7-15-9-4-5-10-11(8-9)13(18)16-12(10)17/h4-5,8,15H,6-7H2,1-3H3,(H,16,17,18). The first-order valence-corrected chi connectivity index (χ1v) is 6.10. The molecule has 0 saturated carbocycles. The minimum absolute atomic E-state index is 0.275. The highest BCUT2D eigenvalue weighted by Gasteiger charge is 2.26. The summed E-state index contributed by atoms with van der Waals surface area (Å²) in [5.41, 5.74) is 2.07. The SMILES string of the molecule is CC(C)(C)CCNc1ccc2c(c1)C(=O)NC2=O. The minimum Gasteiger partial charge on any atom is -0.385 e. The third kappa shape index (κ3) is 2.70. The summed E-state index contributed by atoms with van der Waals surface area (Å²) in [6.45, 7) is 7.40. The number of carbonyl (C=O) groups excluding carboxylic acids is 2. The first-order chi connectivity index (χ1) is 8.37. The van der Waals surface area contributed by atoms with E-state index in [-0.39, 0.29) is 17.2 Å². The maximum absolute atomic E-state index is 11.5. The molecule has 1 aromatic carbocycles. The molecule has 0 bridgehead atoms. The molecule has 0 saturated heterocycles. The molecule has 1 heterocycles. The van der Waals surface area contributed by atoms with Crippen molar-refractivity contribution in [3.63, 3.8) is 0 Å². The van der Waals surface area contributed by atoms with Crippen molar-refractivity contribution in [1.29, 1.82) is 0 Å². The van der Waals surface area contributed by atoms with Crippen LogP contribution in [0.2, 0.25) is 0 Å². The van der Waals surface area contributed by atoms with E-state index in [9.17, 15) is 9.59 Å². The number of imide groups is 1. The zero-order valence-electron chi connectivity index (χ0n) is 11.0. The molecule has 2 N–H and O–H groups in total. The molecule has 0 aliphatic carbocycles. The first kappa shape index (κ1) is 12.6. The number of fused-ring (bicyclic) bond motifs is 1. The fourth-order valence-corrected chi connectivity index (χ4v) is 1.86. The minimum atomic E-state index is -0.311. The Bertz CT molecular complexity index is 501. The summed E-state index contributed by atoms with van der Waals surface area (Å²) in [5.74, 6) is -0.620. The lowest BCUT2D eigenvalue weighted by molar-refractivity contribution is 0.0879. The molecule has 4 nitrogen and oxygen atoms in total. The number of carbonyl (C=O) groups is 2. The Morgan fingerprint density at radius 1 is 1.11 bits per heavy atom. The van der Waals surface area contributed by atoms with Crippen molar-refractivity contribution in [2.75, 3.05) is 11.9 Å². The van der Waals surface area contributed by atoms with Crippen LogP contribution in [-0.2, 0) is 0 Å². The van der Waals surface area contributed by atoms with E-state index >= 15 is 0 Å². The van der Waals surface area contributed by atoms with Gasteiger partial charge in [-0.2, -0.15) is 0 Å². The van der Waals surface area contributed by atoms with Crippen LogP contribution in [0.25, 0.3) is 0 Å². The average Bonchev–Trinajstić information content (AvgIpc) is 2.53. The maximum Gasteiger partial charge on any atom is 0.259 e. The Hall–Kier alpha value is -1.84. The van der Waals surface area contributed by atoms with Crippen LogP contribution in [0.5, 0.6) is 0 Å². The van der Waals surface area contributed by atoms with Gasteiger partial charge in [-0.1, -0.05) is 20.8 Å². The van der Waals surface area contributed by atoms with Crippen molar-refractivity contribution in [2.24, 2.45) is 5.41 Å². The first-order valence-electron chi connectivity index (χ1n) is 6.10. The van der Waals surface area contributed by atoms with Gasteiger partial charge in [-0.3, -0.25) is 14.9 Å². The molecule has 0 atom stereocenters. The van der Waals surface area contributed by atoms with Crippen molar-refractivity contribution in [3.05, 3.63) is 29.3 Å². The molecule has 1 aromatic rings. The molecule has 0 aromatic heterocycles. The Morgan fingerprint density at radius 3 is 2.44 bits per heavy atom. The lowest BCUT2D eigenvalue weighted by Gasteiger charge is -2.18. The van der Waals surface area contributed by atoms with E-state index in [0.29, 0.717) is 11.1 Å². The molecular formula is C14H18N2O2. The molecule has 0 radical (unpaired) electrons. The number of nitrogens with one attached hydrogen (secondary N) is 2. The van der Waals surface area contributed by atoms with E-state index in [0.717, 1.165) is 18.7 Å². The summed E-state index contributed by atoms with van der Waals surface area (Å²) in [6.07, 6.45) is 1.04. The largest absolute Gasteiger partial charge is 0.385 e. The van der Waals surface area contributed by atoms with Gasteiger partial charge < -0.3 is 5.32 Å². The summed E-state index contributed by atoms with van der Waals surface area (Å²) in [4.78, 5) is 22.9. The second-order valence-electron chi connectivity index (χ2n) is 5.78. The quantitative estimate of drug-likeness (QED) is 0.805. The van der Waals surface area contributed by atoms with Crippen LogP contribution < -0.4 is 10.6 Å². The van der Waals surface area contributed by atoms with Crippen molar-refractivity contribution in [1.82, 2.24) is 5.32 Å². The van der Waals surface area contributed by atoms with Crippen LogP contribution in [0.4, 0.5) is 5.69 Å². The Kier molecular flexibility index (Phi) is 3.11. The van der Waals surface area contributed by atoms with Gasteiger partial charge in [-0.15, -0.1) is 0 Å². The Morgan fingerprint density at radius 2 is 1.78 bits per heavy atom. The fourth-order valence-electron chi connectivity index (χ4n) is 1.86. The number of rotatable bonds is 3. The van der Waals surface area contributed by atoms with Gasteiger partial charge in [0.15, 0.2) is 0 Å². The molecule has 0 unspecified atom stereocenters. The number of amides is 2. The lowest BCUT2D eigenvalue weighted by atomic mass is 9.92. The van der Waals surface area contributed by atoms with Crippen LogP contribution in [0.1, 0.15) is 47.9 Å². The third-order valence-electron chi connectivity index (χ3n) is 2.94. The van der Waals surface area contributed by atoms with E-state index in [1.54, 1.807) is 12.1 Å². The molecule has 1 aliphatic heterocycles. The van der Waals surface area contributed by atoms with Crippen LogP contribution in [0.15, 0.2) is 18.2 Å². The summed E-state index contributed by atoms with van der Waals surface area (Å²) in [5, 5.41) is 5.56. The van der Waals surface area contributed by atoms with Gasteiger partial charge in [-0.05, 0) is 30.0 Å². The van der Waals surface area contributed by atoms with Crippen molar-refractivity contribution < 1.29 is 9.59 Å². The predicted molar refractivity (Wildman–Crippen MR) is 70.8 cm³/mol. The van der Waals surface area contributed by atoms with Gasteiger partial charge in [0.05, 0.1) is 11.1 Å². The van der Waals surface area contributed by atoms with Gasteiger partial charge in [0, 0.05) is 12.2 Å². The zero-order valence-corrected chi connectivity index (χ0v) is 11.0. The molecule has 0 spiro atoms. The van der Waals surface area contributed by atoms with Crippen molar-refractivity contribution in [2.45, 2.75) is 27.2 Å². The topological polar surface area (TPSA) is 58.2 Å². The average molecular weight is 246 g/mol. The summed E-state index contributed by atoms with van der Waals surface area (Å²) < 4.78 is 0. The fraction of sp³-hybridized carbons (Fsp3) is 0.429. The molecule has 2 amide bonds. The second kappa shape index (κ2) is 4.44. The van der Waals surface area contributed by atoms with E-state index < -0.39 is 0 Å². The van der Waals surface area contributed by atoms with Gasteiger partial charge in [0.1, 0.15) is 0 Å². The van der Waals surface area contributed by atoms with Gasteiger partial charge in [0.2, 0.25) is 0 Å². The van der Waals surface area contributed by atoms with Crippen LogP contribution in [0, 0.1) is 5.41 Å². The number of anilines is 1. The molecule has 18 heavy (non-hydrogen) atoms. The number of hydrogen-bond acceptors (Lipinski definition) is 3. The highest BCUT2D eigenvalue weighted by molar-refractivity contribution is 6.21. The number of benzene rings is 1. The molecule has 2 rings (SSSR count). The lowest BCUT2D eigenvalue weighted by Crippen LogP contribution is -2.19. The summed E-state index contributed by atoms with van der Waals surface area (Å²) in [7, 11) is 0. The number of hydrogen-bond donors (Lipinski definition) is 2. The summed E-state index contributed by atoms with van der Waals surface area (Å²) in [6, 6.07) is 5.26. The second-order valence-corrected chi connectivity index (χ2v) is 5.78. The molecule has 4 heteroatoms. The van der Waals surface area contributed by atoms with Gasteiger partial charge in [-0.25, -0.2) is 0 Å². The normalized spacial score (nSPS) is 14.4. The van der Waals surface area contributed by atoms with Crippen LogP contribution >= 0.6 is 0 Å². The predicted octanol–water partition coefficient (Wildman–Crippen LogP) is 2.42. The van der Waals surface area contributed by atoms with E-state index in [4.69, 9.17) is 0 Å². The summed E-state index contributed by atoms with van der Waals surface area (Å²) >= 11 is 0. The van der Waals surface area contributed by atoms with Crippen LogP contribution in [-0.4, -0.2) is 18.4 Å². The maximum atomic E-state index is 11.5. The van der Waals surface area contributed by atoms with E-state index in [1.807, 2.05) is 6.07 Å². The molecule has 1 aliphatic rings. The molecular weight excluding hydrogens is 228 g/mol. The molecule has 0 fully saturated rings. The smallest absolute Gasteiger partial charge is 0.259 e. The molecule has 96 valence electrons. The Labute approximate surface area is 107 Å². The van der Waals surface area contributed by atoms with Crippen molar-refractivity contribution >= 4 is 17.5 Å². The van der Waals surface area contributed by atoms with E-state index in [1.165, 1.54) is 0 Å².